The second-order valence-electron chi connectivity index (χ2n) is 3.22. The Morgan fingerprint density at radius 3 is 1.50 bits per heavy atom. The maximum absolute atomic E-state index is 13.2. The molecule has 0 aliphatic carbocycles. The molecule has 0 fully saturated rings. The fourth-order valence-corrected chi connectivity index (χ4v) is 1.01. The van der Waals surface area contributed by atoms with Gasteiger partial charge in [0.25, 0.3) is 0 Å². The number of rotatable bonds is 4. The first-order valence-electron chi connectivity index (χ1n) is 4.27. The van der Waals surface area contributed by atoms with Crippen LogP contribution in [0, 0.1) is 11.8 Å². The summed E-state index contributed by atoms with van der Waals surface area (Å²) in [6.45, 7) is 8.05. The summed E-state index contributed by atoms with van der Waals surface area (Å²) in [7, 11) is 0. The summed E-state index contributed by atoms with van der Waals surface area (Å²) in [5, 5.41) is 0. The molecule has 0 bridgehead atoms. The normalized spacial score (nSPS) is 20.1. The van der Waals surface area contributed by atoms with Crippen LogP contribution in [0.3, 0.4) is 0 Å². The molecule has 0 saturated heterocycles. The maximum Gasteiger partial charge on any atom is 0.105 e. The molecule has 0 N–H and O–H groups in total. The lowest BCUT2D eigenvalue weighted by atomic mass is 9.91. The Balaban J connectivity index is 3.69. The lowest BCUT2D eigenvalue weighted by Gasteiger charge is -2.19. The molecular weight excluding hydrogens is 127 g/mol. The van der Waals surface area contributed by atoms with E-state index < -0.39 is 6.17 Å². The van der Waals surface area contributed by atoms with E-state index >= 15 is 0 Å². The number of halogens is 1. The van der Waals surface area contributed by atoms with Crippen molar-refractivity contribution >= 4 is 0 Å². The van der Waals surface area contributed by atoms with Gasteiger partial charge in [-0.15, -0.1) is 0 Å². The highest BCUT2D eigenvalue weighted by molar-refractivity contribution is 4.68. The zero-order valence-corrected chi connectivity index (χ0v) is 7.52. The van der Waals surface area contributed by atoms with E-state index in [0.29, 0.717) is 0 Å². The molecule has 0 aromatic carbocycles. The molecule has 0 spiro atoms. The van der Waals surface area contributed by atoms with Gasteiger partial charge in [0.1, 0.15) is 6.17 Å². The Kier molecular flexibility index (Phi) is 4.67. The molecule has 0 radical (unpaired) electrons. The van der Waals surface area contributed by atoms with Gasteiger partial charge in [0.2, 0.25) is 0 Å². The molecule has 0 saturated carbocycles. The largest absolute Gasteiger partial charge is 0.247 e. The first-order valence-corrected chi connectivity index (χ1v) is 4.27. The second kappa shape index (κ2) is 4.70. The smallest absolute Gasteiger partial charge is 0.105 e. The molecule has 0 aliphatic rings. The molecule has 0 aliphatic heterocycles. The van der Waals surface area contributed by atoms with Gasteiger partial charge in [0.05, 0.1) is 0 Å². The topological polar surface area (TPSA) is 0 Å². The highest BCUT2D eigenvalue weighted by Crippen LogP contribution is 2.21. The summed E-state index contributed by atoms with van der Waals surface area (Å²) in [4.78, 5) is 0. The Bertz CT molecular complexity index is 70.8. The van der Waals surface area contributed by atoms with Crippen LogP contribution in [0.15, 0.2) is 0 Å². The quantitative estimate of drug-likeness (QED) is 0.570. The van der Waals surface area contributed by atoms with Crippen molar-refractivity contribution in [1.82, 2.24) is 0 Å². The standard InChI is InChI=1S/C9H19F/c1-5-7(3)9(10)8(4)6-2/h7-9H,5-6H2,1-4H3. The summed E-state index contributed by atoms with van der Waals surface area (Å²) in [5.74, 6) is 0.463. The van der Waals surface area contributed by atoms with Gasteiger partial charge < -0.3 is 0 Å². The molecule has 0 rings (SSSR count). The summed E-state index contributed by atoms with van der Waals surface area (Å²) in [5.41, 5.74) is 0. The summed E-state index contributed by atoms with van der Waals surface area (Å²) < 4.78 is 13.2. The van der Waals surface area contributed by atoms with Crippen LogP contribution in [0.1, 0.15) is 40.5 Å². The zero-order valence-electron chi connectivity index (χ0n) is 7.52. The first-order chi connectivity index (χ1) is 4.63. The van der Waals surface area contributed by atoms with E-state index in [9.17, 15) is 4.39 Å². The second-order valence-corrected chi connectivity index (χ2v) is 3.22. The predicted molar refractivity (Wildman–Crippen MR) is 43.8 cm³/mol. The van der Waals surface area contributed by atoms with E-state index in [1.54, 1.807) is 0 Å². The highest BCUT2D eigenvalue weighted by Gasteiger charge is 2.19. The van der Waals surface area contributed by atoms with Gasteiger partial charge in [-0.2, -0.15) is 0 Å². The van der Waals surface area contributed by atoms with Crippen LogP contribution in [0.25, 0.3) is 0 Å². The number of alkyl halides is 1. The summed E-state index contributed by atoms with van der Waals surface area (Å²) >= 11 is 0. The fourth-order valence-electron chi connectivity index (χ4n) is 1.01. The summed E-state index contributed by atoms with van der Waals surface area (Å²) in [6, 6.07) is 0. The monoisotopic (exact) mass is 146 g/mol. The predicted octanol–water partition coefficient (Wildman–Crippen LogP) is 3.42. The molecule has 2 unspecified atom stereocenters. The number of hydrogen-bond donors (Lipinski definition) is 0. The highest BCUT2D eigenvalue weighted by atomic mass is 19.1. The van der Waals surface area contributed by atoms with Gasteiger partial charge in [-0.3, -0.25) is 0 Å². The van der Waals surface area contributed by atoms with Crippen molar-refractivity contribution in [3.05, 3.63) is 0 Å². The van der Waals surface area contributed by atoms with Crippen molar-refractivity contribution in [2.75, 3.05) is 0 Å². The van der Waals surface area contributed by atoms with Gasteiger partial charge in [-0.1, -0.05) is 40.5 Å². The van der Waals surface area contributed by atoms with Crippen molar-refractivity contribution in [3.63, 3.8) is 0 Å². The first kappa shape index (κ1) is 9.93. The van der Waals surface area contributed by atoms with E-state index in [4.69, 9.17) is 0 Å². The average molecular weight is 146 g/mol. The third-order valence-electron chi connectivity index (χ3n) is 2.38. The Morgan fingerprint density at radius 2 is 1.30 bits per heavy atom. The van der Waals surface area contributed by atoms with Crippen LogP contribution in [0.5, 0.6) is 0 Å². The third-order valence-corrected chi connectivity index (χ3v) is 2.38. The Hall–Kier alpha value is -0.0700. The molecule has 0 amide bonds. The van der Waals surface area contributed by atoms with Crippen LogP contribution in [0.2, 0.25) is 0 Å². The fraction of sp³-hybridized carbons (Fsp3) is 1.00. The van der Waals surface area contributed by atoms with Crippen molar-refractivity contribution in [3.8, 4) is 0 Å². The van der Waals surface area contributed by atoms with Crippen molar-refractivity contribution in [1.29, 1.82) is 0 Å². The van der Waals surface area contributed by atoms with Gasteiger partial charge >= 0.3 is 0 Å². The molecule has 0 aromatic heterocycles. The molecule has 0 heterocycles. The third kappa shape index (κ3) is 2.68. The minimum absolute atomic E-state index is 0.231. The molecular formula is C9H19F. The van der Waals surface area contributed by atoms with Crippen molar-refractivity contribution < 1.29 is 4.39 Å². The number of hydrogen-bond acceptors (Lipinski definition) is 0. The van der Waals surface area contributed by atoms with Gasteiger partial charge in [-0.05, 0) is 11.8 Å². The van der Waals surface area contributed by atoms with Crippen LogP contribution in [-0.2, 0) is 0 Å². The molecule has 1 heteroatoms. The lowest BCUT2D eigenvalue weighted by Crippen LogP contribution is -2.19. The van der Waals surface area contributed by atoms with Crippen LogP contribution in [0.4, 0.5) is 4.39 Å². The van der Waals surface area contributed by atoms with Crippen LogP contribution < -0.4 is 0 Å². The lowest BCUT2D eigenvalue weighted by molar-refractivity contribution is 0.163. The van der Waals surface area contributed by atoms with Gasteiger partial charge in [0, 0.05) is 0 Å². The molecule has 2 atom stereocenters. The Morgan fingerprint density at radius 1 is 1.00 bits per heavy atom. The maximum atomic E-state index is 13.2. The minimum atomic E-state index is -0.602. The van der Waals surface area contributed by atoms with Gasteiger partial charge in [0.15, 0.2) is 0 Å². The average Bonchev–Trinajstić information content (AvgIpc) is 2.00. The Labute approximate surface area is 63.8 Å². The zero-order chi connectivity index (χ0) is 8.15. The molecule has 62 valence electrons. The minimum Gasteiger partial charge on any atom is -0.247 e. The van der Waals surface area contributed by atoms with Gasteiger partial charge in [-0.25, -0.2) is 4.39 Å². The van der Waals surface area contributed by atoms with E-state index in [1.807, 2.05) is 27.7 Å². The van der Waals surface area contributed by atoms with E-state index in [-0.39, 0.29) is 11.8 Å². The molecule has 0 nitrogen and oxygen atoms in total. The molecule has 0 aromatic rings. The van der Waals surface area contributed by atoms with Crippen molar-refractivity contribution in [2.45, 2.75) is 46.7 Å². The van der Waals surface area contributed by atoms with E-state index in [0.717, 1.165) is 12.8 Å². The van der Waals surface area contributed by atoms with E-state index in [1.165, 1.54) is 0 Å². The van der Waals surface area contributed by atoms with E-state index in [2.05, 4.69) is 0 Å². The summed E-state index contributed by atoms with van der Waals surface area (Å²) in [6.07, 6.45) is 1.30. The van der Waals surface area contributed by atoms with Crippen molar-refractivity contribution in [2.24, 2.45) is 11.8 Å². The SMILES string of the molecule is CCC(C)C(F)C(C)CC. The van der Waals surface area contributed by atoms with Crippen LogP contribution >= 0.6 is 0 Å². The molecule has 10 heavy (non-hydrogen) atoms. The van der Waals surface area contributed by atoms with Crippen LogP contribution in [-0.4, -0.2) is 6.17 Å².